The quantitative estimate of drug-likeness (QED) is 0.490. The van der Waals surface area contributed by atoms with E-state index in [-0.39, 0.29) is 0 Å². The van der Waals surface area contributed by atoms with Crippen LogP contribution in [0.4, 0.5) is 0 Å². The summed E-state index contributed by atoms with van der Waals surface area (Å²) >= 11 is 0. The number of hydrogen-bond acceptors (Lipinski definition) is 0. The van der Waals surface area contributed by atoms with E-state index in [1.165, 1.54) is 37.7 Å². The van der Waals surface area contributed by atoms with E-state index in [2.05, 4.69) is 82.3 Å². The standard InChI is InChI=1S/C27H36/c1-5-22(21-12-8-7-9-13-21)23-14-10-11-15-24(23)25(6-2)27-17-16-20(19-27)18-26(27,3)4/h7-15,20,22,25H,5-6,16-19H2,1-4H3. The summed E-state index contributed by atoms with van der Waals surface area (Å²) in [4.78, 5) is 0. The zero-order valence-electron chi connectivity index (χ0n) is 17.7. The molecule has 27 heavy (non-hydrogen) atoms. The molecule has 2 aliphatic rings. The number of hydrogen-bond donors (Lipinski definition) is 0. The van der Waals surface area contributed by atoms with Gasteiger partial charge in [-0.3, -0.25) is 0 Å². The smallest absolute Gasteiger partial charge is 0.00895 e. The van der Waals surface area contributed by atoms with E-state index in [4.69, 9.17) is 0 Å². The molecule has 0 aromatic heterocycles. The fourth-order valence-corrected chi connectivity index (χ4v) is 7.06. The molecule has 0 heterocycles. The molecule has 2 fully saturated rings. The molecule has 0 heteroatoms. The molecule has 144 valence electrons. The largest absolute Gasteiger partial charge is 0.0648 e. The molecule has 0 radical (unpaired) electrons. The normalized spacial score (nSPS) is 28.2. The van der Waals surface area contributed by atoms with Crippen LogP contribution in [0, 0.1) is 16.7 Å². The summed E-state index contributed by atoms with van der Waals surface area (Å²) in [5.74, 6) is 2.17. The average Bonchev–Trinajstić information content (AvgIpc) is 3.20. The third-order valence-corrected chi connectivity index (χ3v) is 8.23. The highest BCUT2D eigenvalue weighted by atomic mass is 14.6. The van der Waals surface area contributed by atoms with Crippen LogP contribution in [0.25, 0.3) is 0 Å². The van der Waals surface area contributed by atoms with Crippen molar-refractivity contribution < 1.29 is 0 Å². The highest BCUT2D eigenvalue weighted by Crippen LogP contribution is 2.70. The van der Waals surface area contributed by atoms with Gasteiger partial charge in [-0.1, -0.05) is 82.3 Å². The van der Waals surface area contributed by atoms with Crippen molar-refractivity contribution in [3.05, 3.63) is 71.3 Å². The van der Waals surface area contributed by atoms with Crippen LogP contribution < -0.4 is 0 Å². The van der Waals surface area contributed by atoms with Crippen LogP contribution in [-0.4, -0.2) is 0 Å². The molecule has 2 aromatic rings. The molecule has 2 aromatic carbocycles. The molecule has 0 N–H and O–H groups in total. The highest BCUT2D eigenvalue weighted by molar-refractivity contribution is 5.41. The maximum atomic E-state index is 2.56. The summed E-state index contributed by atoms with van der Waals surface area (Å²) in [5.41, 5.74) is 5.66. The van der Waals surface area contributed by atoms with Gasteiger partial charge < -0.3 is 0 Å². The molecule has 2 aliphatic carbocycles. The van der Waals surface area contributed by atoms with Gasteiger partial charge in [0.05, 0.1) is 0 Å². The first-order valence-corrected chi connectivity index (χ1v) is 11.2. The molecule has 0 amide bonds. The van der Waals surface area contributed by atoms with Gasteiger partial charge in [-0.05, 0) is 77.9 Å². The van der Waals surface area contributed by atoms with Gasteiger partial charge in [0, 0.05) is 5.92 Å². The van der Waals surface area contributed by atoms with Gasteiger partial charge in [-0.15, -0.1) is 0 Å². The summed E-state index contributed by atoms with van der Waals surface area (Å²) in [7, 11) is 0. The molecular weight excluding hydrogens is 324 g/mol. The molecule has 0 aliphatic heterocycles. The topological polar surface area (TPSA) is 0 Å². The minimum absolute atomic E-state index is 0.470. The van der Waals surface area contributed by atoms with Crippen LogP contribution in [0.1, 0.15) is 94.7 Å². The number of benzene rings is 2. The second kappa shape index (κ2) is 7.12. The van der Waals surface area contributed by atoms with E-state index in [1.807, 2.05) is 0 Å². The van der Waals surface area contributed by atoms with E-state index >= 15 is 0 Å². The molecule has 4 atom stereocenters. The van der Waals surface area contributed by atoms with Crippen molar-refractivity contribution in [2.75, 3.05) is 0 Å². The first-order valence-electron chi connectivity index (χ1n) is 11.2. The second-order valence-corrected chi connectivity index (χ2v) is 9.81. The van der Waals surface area contributed by atoms with Gasteiger partial charge in [0.25, 0.3) is 0 Å². The zero-order chi connectivity index (χ0) is 19.1. The first kappa shape index (κ1) is 18.8. The summed E-state index contributed by atoms with van der Waals surface area (Å²) < 4.78 is 0. The Bertz CT molecular complexity index is 772. The van der Waals surface area contributed by atoms with Crippen molar-refractivity contribution >= 4 is 0 Å². The Labute approximate surface area is 166 Å². The van der Waals surface area contributed by atoms with Crippen LogP contribution in [0.5, 0.6) is 0 Å². The Kier molecular flexibility index (Phi) is 4.95. The van der Waals surface area contributed by atoms with Gasteiger partial charge in [-0.25, -0.2) is 0 Å². The lowest BCUT2D eigenvalue weighted by Gasteiger charge is -2.48. The Morgan fingerprint density at radius 2 is 1.52 bits per heavy atom. The van der Waals surface area contributed by atoms with Gasteiger partial charge >= 0.3 is 0 Å². The zero-order valence-corrected chi connectivity index (χ0v) is 17.7. The third-order valence-electron chi connectivity index (χ3n) is 8.23. The van der Waals surface area contributed by atoms with Gasteiger partial charge in [0.1, 0.15) is 0 Å². The number of fused-ring (bicyclic) bond motifs is 2. The molecule has 0 nitrogen and oxygen atoms in total. The van der Waals surface area contributed by atoms with E-state index in [0.717, 1.165) is 12.3 Å². The van der Waals surface area contributed by atoms with Gasteiger partial charge in [0.15, 0.2) is 0 Å². The average molecular weight is 361 g/mol. The molecular formula is C27H36. The van der Waals surface area contributed by atoms with Crippen LogP contribution in [-0.2, 0) is 0 Å². The number of rotatable bonds is 6. The van der Waals surface area contributed by atoms with E-state index < -0.39 is 0 Å². The van der Waals surface area contributed by atoms with Crippen molar-refractivity contribution in [3.8, 4) is 0 Å². The summed E-state index contributed by atoms with van der Waals surface area (Å²) in [6.07, 6.45) is 8.20. The Hall–Kier alpha value is -1.56. The van der Waals surface area contributed by atoms with E-state index in [1.54, 1.807) is 11.1 Å². The lowest BCUT2D eigenvalue weighted by Crippen LogP contribution is -2.39. The lowest BCUT2D eigenvalue weighted by molar-refractivity contribution is 0.0567. The van der Waals surface area contributed by atoms with Crippen LogP contribution in [0.15, 0.2) is 54.6 Å². The van der Waals surface area contributed by atoms with Crippen LogP contribution in [0.2, 0.25) is 0 Å². The second-order valence-electron chi connectivity index (χ2n) is 9.81. The van der Waals surface area contributed by atoms with Crippen LogP contribution in [0.3, 0.4) is 0 Å². The summed E-state index contributed by atoms with van der Waals surface area (Å²) in [6.45, 7) is 9.90. The van der Waals surface area contributed by atoms with Crippen LogP contribution >= 0.6 is 0 Å². The maximum Gasteiger partial charge on any atom is 0.00895 e. The molecule has 4 rings (SSSR count). The predicted molar refractivity (Wildman–Crippen MR) is 116 cm³/mol. The molecule has 4 unspecified atom stereocenters. The minimum atomic E-state index is 0.470. The highest BCUT2D eigenvalue weighted by Gasteiger charge is 2.59. The Morgan fingerprint density at radius 3 is 2.07 bits per heavy atom. The van der Waals surface area contributed by atoms with E-state index in [0.29, 0.717) is 22.7 Å². The molecule has 2 saturated carbocycles. The van der Waals surface area contributed by atoms with Crippen molar-refractivity contribution in [1.82, 2.24) is 0 Å². The molecule has 0 saturated heterocycles. The minimum Gasteiger partial charge on any atom is -0.0648 e. The van der Waals surface area contributed by atoms with Gasteiger partial charge in [0.2, 0.25) is 0 Å². The molecule has 0 spiro atoms. The maximum absolute atomic E-state index is 2.56. The fraction of sp³-hybridized carbons (Fsp3) is 0.556. The van der Waals surface area contributed by atoms with Gasteiger partial charge in [-0.2, -0.15) is 0 Å². The summed E-state index contributed by atoms with van der Waals surface area (Å²) in [6, 6.07) is 20.6. The molecule has 2 bridgehead atoms. The predicted octanol–water partition coefficient (Wildman–Crippen LogP) is 7.94. The monoisotopic (exact) mass is 360 g/mol. The van der Waals surface area contributed by atoms with E-state index in [9.17, 15) is 0 Å². The SMILES string of the molecule is CCC(c1ccccc1)c1ccccc1C(CC)C12CCC(CC1(C)C)C2. The van der Waals surface area contributed by atoms with Crippen molar-refractivity contribution in [3.63, 3.8) is 0 Å². The lowest BCUT2D eigenvalue weighted by atomic mass is 9.56. The first-order chi connectivity index (χ1) is 13.0. The van der Waals surface area contributed by atoms with Crippen molar-refractivity contribution in [2.45, 2.75) is 78.1 Å². The summed E-state index contributed by atoms with van der Waals surface area (Å²) in [5, 5.41) is 0. The third kappa shape index (κ3) is 2.96. The van der Waals surface area contributed by atoms with Crippen molar-refractivity contribution in [2.24, 2.45) is 16.7 Å². The van der Waals surface area contributed by atoms with Crippen molar-refractivity contribution in [1.29, 1.82) is 0 Å². The fourth-order valence-electron chi connectivity index (χ4n) is 7.06. The Morgan fingerprint density at radius 1 is 0.852 bits per heavy atom. The Balaban J connectivity index is 1.80.